The van der Waals surface area contributed by atoms with Crippen LogP contribution in [0.3, 0.4) is 0 Å². The van der Waals surface area contributed by atoms with Crippen molar-refractivity contribution in [3.05, 3.63) is 249 Å². The van der Waals surface area contributed by atoms with Crippen molar-refractivity contribution in [2.75, 3.05) is 4.90 Å². The summed E-state index contributed by atoms with van der Waals surface area (Å²) >= 11 is 0. The van der Waals surface area contributed by atoms with Crippen LogP contribution in [0.25, 0.3) is 99.1 Å². The van der Waals surface area contributed by atoms with Crippen molar-refractivity contribution in [2.45, 2.75) is 0 Å². The van der Waals surface area contributed by atoms with Gasteiger partial charge < -0.3 is 9.32 Å². The quantitative estimate of drug-likeness (QED) is 0.142. The van der Waals surface area contributed by atoms with Crippen LogP contribution < -0.4 is 4.90 Å². The first-order valence-electron chi connectivity index (χ1n) is 21.9. The average molecular weight is 816 g/mol. The van der Waals surface area contributed by atoms with Gasteiger partial charge in [-0.2, -0.15) is 0 Å². The molecule has 0 aliphatic heterocycles. The first-order valence-corrected chi connectivity index (χ1v) is 21.9. The third kappa shape index (κ3) is 6.44. The minimum atomic E-state index is 0.902. The molecular formula is C62H41NO. The monoisotopic (exact) mass is 815 g/mol. The van der Waals surface area contributed by atoms with Gasteiger partial charge in [0.05, 0.1) is 5.69 Å². The van der Waals surface area contributed by atoms with Gasteiger partial charge in [0, 0.05) is 33.1 Å². The largest absolute Gasteiger partial charge is 0.455 e. The van der Waals surface area contributed by atoms with Crippen LogP contribution in [0.2, 0.25) is 0 Å². The maximum atomic E-state index is 6.47. The highest BCUT2D eigenvalue weighted by atomic mass is 16.3. The topological polar surface area (TPSA) is 16.4 Å². The minimum absolute atomic E-state index is 0.902. The van der Waals surface area contributed by atoms with E-state index >= 15 is 0 Å². The van der Waals surface area contributed by atoms with Crippen molar-refractivity contribution in [3.63, 3.8) is 0 Å². The van der Waals surface area contributed by atoms with Crippen LogP contribution in [0.15, 0.2) is 253 Å². The smallest absolute Gasteiger partial charge is 0.143 e. The zero-order valence-electron chi connectivity index (χ0n) is 35.0. The Kier molecular flexibility index (Phi) is 9.20. The summed E-state index contributed by atoms with van der Waals surface area (Å²) in [5.74, 6) is 0. The van der Waals surface area contributed by atoms with Crippen LogP contribution >= 0.6 is 0 Å². The van der Waals surface area contributed by atoms with Crippen LogP contribution in [0, 0.1) is 0 Å². The average Bonchev–Trinajstić information content (AvgIpc) is 3.76. The third-order valence-electron chi connectivity index (χ3n) is 12.7. The Bertz CT molecular complexity index is 3660. The lowest BCUT2D eigenvalue weighted by atomic mass is 9.87. The lowest BCUT2D eigenvalue weighted by Crippen LogP contribution is -2.10. The lowest BCUT2D eigenvalue weighted by molar-refractivity contribution is 0.670. The van der Waals surface area contributed by atoms with Gasteiger partial charge in [-0.15, -0.1) is 0 Å². The Morgan fingerprint density at radius 3 is 1.31 bits per heavy atom. The molecule has 300 valence electrons. The number of hydrogen-bond donors (Lipinski definition) is 0. The first kappa shape index (κ1) is 37.3. The number of nitrogens with zero attached hydrogens (tertiary/aromatic N) is 1. The van der Waals surface area contributed by atoms with E-state index in [2.05, 4.69) is 241 Å². The van der Waals surface area contributed by atoms with E-state index in [4.69, 9.17) is 4.42 Å². The summed E-state index contributed by atoms with van der Waals surface area (Å²) in [5.41, 5.74) is 16.9. The standard InChI is InChI=1S/C62H41NO/c1-2-17-42(18-3-1)48-20-6-8-23-52(48)55-26-10-11-27-56(55)53-24-9-7-21-49(53)43-33-37-46(38-34-43)63(60-41-45-19-4-5-22-50(45)54-25-12-13-28-57(54)60)47-39-35-44(36-40-47)51-30-16-31-59-58-29-14-15-32-61(58)64-62(51)59/h1-41H. The first-order chi connectivity index (χ1) is 31.8. The summed E-state index contributed by atoms with van der Waals surface area (Å²) in [6.07, 6.45) is 0. The fourth-order valence-electron chi connectivity index (χ4n) is 9.71. The van der Waals surface area contributed by atoms with E-state index in [1.807, 2.05) is 12.1 Å². The van der Waals surface area contributed by atoms with Crippen molar-refractivity contribution >= 4 is 60.5 Å². The highest BCUT2D eigenvalue weighted by molar-refractivity contribution is 6.15. The van der Waals surface area contributed by atoms with Crippen molar-refractivity contribution in [3.8, 4) is 55.6 Å². The van der Waals surface area contributed by atoms with Gasteiger partial charge in [-0.25, -0.2) is 0 Å². The fourth-order valence-corrected chi connectivity index (χ4v) is 9.71. The van der Waals surface area contributed by atoms with Gasteiger partial charge >= 0.3 is 0 Å². The molecule has 0 fully saturated rings. The van der Waals surface area contributed by atoms with Crippen LogP contribution in [-0.4, -0.2) is 0 Å². The normalized spacial score (nSPS) is 11.4. The maximum absolute atomic E-state index is 6.47. The number of rotatable bonds is 8. The summed E-state index contributed by atoms with van der Waals surface area (Å²) in [6.45, 7) is 0. The van der Waals surface area contributed by atoms with E-state index in [1.165, 1.54) is 60.5 Å². The second-order valence-corrected chi connectivity index (χ2v) is 16.4. The molecule has 0 bridgehead atoms. The van der Waals surface area contributed by atoms with Gasteiger partial charge in [0.2, 0.25) is 0 Å². The van der Waals surface area contributed by atoms with Crippen LogP contribution in [-0.2, 0) is 0 Å². The lowest BCUT2D eigenvalue weighted by Gasteiger charge is -2.28. The maximum Gasteiger partial charge on any atom is 0.143 e. The molecule has 0 saturated carbocycles. The Morgan fingerprint density at radius 2 is 0.688 bits per heavy atom. The van der Waals surface area contributed by atoms with E-state index in [9.17, 15) is 0 Å². The Hall–Kier alpha value is -8.46. The Labute approximate surface area is 372 Å². The molecule has 0 radical (unpaired) electrons. The molecule has 12 aromatic rings. The molecule has 2 heteroatoms. The Balaban J connectivity index is 0.982. The van der Waals surface area contributed by atoms with E-state index in [0.717, 1.165) is 55.7 Å². The molecule has 0 spiro atoms. The molecular weight excluding hydrogens is 775 g/mol. The molecule has 2 nitrogen and oxygen atoms in total. The number of fused-ring (bicyclic) bond motifs is 6. The molecule has 64 heavy (non-hydrogen) atoms. The molecule has 1 aromatic heterocycles. The highest BCUT2D eigenvalue weighted by Gasteiger charge is 2.20. The SMILES string of the molecule is c1ccc(-c2ccccc2-c2ccccc2-c2ccccc2-c2ccc(N(c3ccc(-c4cccc5c4oc4ccccc45)cc3)c3cc4ccccc4c4ccccc34)cc2)cc1. The van der Waals surface area contributed by atoms with Crippen molar-refractivity contribution < 1.29 is 4.42 Å². The van der Waals surface area contributed by atoms with Crippen molar-refractivity contribution in [1.82, 2.24) is 0 Å². The van der Waals surface area contributed by atoms with Gasteiger partial charge in [0.25, 0.3) is 0 Å². The molecule has 0 aliphatic rings. The number of furan rings is 1. The third-order valence-corrected chi connectivity index (χ3v) is 12.7. The van der Waals surface area contributed by atoms with Crippen LogP contribution in [0.4, 0.5) is 17.1 Å². The van der Waals surface area contributed by atoms with Gasteiger partial charge in [0.15, 0.2) is 0 Å². The fraction of sp³-hybridized carbons (Fsp3) is 0. The zero-order chi connectivity index (χ0) is 42.4. The minimum Gasteiger partial charge on any atom is -0.455 e. The van der Waals surface area contributed by atoms with E-state index in [-0.39, 0.29) is 0 Å². The predicted octanol–water partition coefficient (Wildman–Crippen LogP) is 17.7. The summed E-state index contributed by atoms with van der Waals surface area (Å²) in [4.78, 5) is 2.41. The number of anilines is 3. The zero-order valence-corrected chi connectivity index (χ0v) is 35.0. The summed E-state index contributed by atoms with van der Waals surface area (Å²) < 4.78 is 6.47. The molecule has 1 heterocycles. The second kappa shape index (κ2) is 15.8. The number of benzene rings is 11. The van der Waals surface area contributed by atoms with Crippen molar-refractivity contribution in [1.29, 1.82) is 0 Å². The summed E-state index contributed by atoms with van der Waals surface area (Å²) in [6, 6.07) is 89.6. The van der Waals surface area contributed by atoms with Crippen molar-refractivity contribution in [2.24, 2.45) is 0 Å². The van der Waals surface area contributed by atoms with Crippen LogP contribution in [0.1, 0.15) is 0 Å². The van der Waals surface area contributed by atoms with Gasteiger partial charge in [-0.05, 0) is 103 Å². The number of para-hydroxylation sites is 2. The van der Waals surface area contributed by atoms with E-state index < -0.39 is 0 Å². The van der Waals surface area contributed by atoms with Gasteiger partial charge in [-0.3, -0.25) is 0 Å². The molecule has 0 amide bonds. The van der Waals surface area contributed by atoms with Gasteiger partial charge in [-0.1, -0.05) is 212 Å². The second-order valence-electron chi connectivity index (χ2n) is 16.4. The molecule has 11 aromatic carbocycles. The summed E-state index contributed by atoms with van der Waals surface area (Å²) in [5, 5.41) is 7.13. The summed E-state index contributed by atoms with van der Waals surface area (Å²) in [7, 11) is 0. The molecule has 0 saturated heterocycles. The highest BCUT2D eigenvalue weighted by Crippen LogP contribution is 2.45. The van der Waals surface area contributed by atoms with Gasteiger partial charge in [0.1, 0.15) is 11.2 Å². The predicted molar refractivity (Wildman–Crippen MR) is 271 cm³/mol. The van der Waals surface area contributed by atoms with Crippen LogP contribution in [0.5, 0.6) is 0 Å². The van der Waals surface area contributed by atoms with E-state index in [1.54, 1.807) is 0 Å². The molecule has 12 rings (SSSR count). The molecule has 0 unspecified atom stereocenters. The molecule has 0 atom stereocenters. The number of hydrogen-bond acceptors (Lipinski definition) is 2. The molecule has 0 aliphatic carbocycles. The molecule has 0 N–H and O–H groups in total. The van der Waals surface area contributed by atoms with E-state index in [0.29, 0.717) is 0 Å². The Morgan fingerprint density at radius 1 is 0.266 bits per heavy atom.